The summed E-state index contributed by atoms with van der Waals surface area (Å²) in [5, 5.41) is -0.0833. The Morgan fingerprint density at radius 3 is 2.86 bits per heavy atom. The zero-order valence-electron chi connectivity index (χ0n) is 13.0. The lowest BCUT2D eigenvalue weighted by molar-refractivity contribution is 0.260. The van der Waals surface area contributed by atoms with Crippen LogP contribution in [0.4, 0.5) is 0 Å². The number of aromatic nitrogens is 3. The second-order valence-corrected chi connectivity index (χ2v) is 6.96. The minimum atomic E-state index is -0.0833. The van der Waals surface area contributed by atoms with E-state index in [1.165, 1.54) is 19.5 Å². The third kappa shape index (κ3) is 2.92. The summed E-state index contributed by atoms with van der Waals surface area (Å²) in [4.78, 5) is 11.4. The highest BCUT2D eigenvalue weighted by Gasteiger charge is 2.26. The topological polar surface area (TPSA) is 34.0 Å². The lowest BCUT2D eigenvalue weighted by Gasteiger charge is -2.21. The van der Waals surface area contributed by atoms with E-state index >= 15 is 0 Å². The molecule has 0 aromatic carbocycles. The molecule has 0 radical (unpaired) electrons. The van der Waals surface area contributed by atoms with Crippen LogP contribution in [0.15, 0.2) is 18.5 Å². The van der Waals surface area contributed by atoms with Gasteiger partial charge >= 0.3 is 0 Å². The highest BCUT2D eigenvalue weighted by atomic mass is 35.5. The van der Waals surface area contributed by atoms with Crippen LogP contribution in [0.1, 0.15) is 38.4 Å². The van der Waals surface area contributed by atoms with Crippen LogP contribution in [0.5, 0.6) is 0 Å². The summed E-state index contributed by atoms with van der Waals surface area (Å²) >= 11 is 6.33. The quantitative estimate of drug-likeness (QED) is 0.811. The van der Waals surface area contributed by atoms with Gasteiger partial charge in [0.25, 0.3) is 0 Å². The maximum Gasteiger partial charge on any atom is 0.127 e. The number of imidazole rings is 1. The number of nitrogens with zero attached hydrogens (tertiary/aromatic N) is 4. The fourth-order valence-electron chi connectivity index (χ4n) is 3.23. The number of halogens is 1. The van der Waals surface area contributed by atoms with Crippen LogP contribution >= 0.6 is 11.6 Å². The van der Waals surface area contributed by atoms with Crippen LogP contribution in [-0.4, -0.2) is 38.6 Å². The van der Waals surface area contributed by atoms with Crippen molar-refractivity contribution >= 4 is 22.6 Å². The Bertz CT molecular complexity index is 620. The number of hydrogen-bond donors (Lipinski definition) is 0. The molecule has 1 aliphatic rings. The van der Waals surface area contributed by atoms with Gasteiger partial charge in [0.2, 0.25) is 0 Å². The molecule has 21 heavy (non-hydrogen) atoms. The zero-order valence-corrected chi connectivity index (χ0v) is 13.7. The Balaban J connectivity index is 1.88. The van der Waals surface area contributed by atoms with Crippen molar-refractivity contribution in [1.29, 1.82) is 0 Å². The second-order valence-electron chi connectivity index (χ2n) is 6.30. The Kier molecular flexibility index (Phi) is 4.18. The number of pyridine rings is 1. The fourth-order valence-corrected chi connectivity index (χ4v) is 3.40. The third-order valence-electron chi connectivity index (χ3n) is 4.42. The van der Waals surface area contributed by atoms with Gasteiger partial charge in [-0.15, -0.1) is 11.6 Å². The van der Waals surface area contributed by atoms with Crippen molar-refractivity contribution in [3.8, 4) is 0 Å². The summed E-state index contributed by atoms with van der Waals surface area (Å²) in [5.41, 5.74) is 2.09. The van der Waals surface area contributed by atoms with Gasteiger partial charge in [-0.1, -0.05) is 0 Å². The lowest BCUT2D eigenvalue weighted by Crippen LogP contribution is -2.29. The minimum absolute atomic E-state index is 0.0833. The first-order valence-corrected chi connectivity index (χ1v) is 8.18. The summed E-state index contributed by atoms with van der Waals surface area (Å²) in [6.07, 6.45) is 4.90. The van der Waals surface area contributed by atoms with E-state index in [9.17, 15) is 0 Å². The zero-order chi connectivity index (χ0) is 15.0. The van der Waals surface area contributed by atoms with E-state index in [4.69, 9.17) is 11.6 Å². The molecule has 0 bridgehead atoms. The van der Waals surface area contributed by atoms with Crippen LogP contribution in [0.2, 0.25) is 0 Å². The monoisotopic (exact) mass is 306 g/mol. The van der Waals surface area contributed by atoms with Crippen molar-refractivity contribution < 1.29 is 0 Å². The van der Waals surface area contributed by atoms with Crippen molar-refractivity contribution in [2.75, 3.05) is 13.1 Å². The average molecular weight is 307 g/mol. The van der Waals surface area contributed by atoms with Crippen molar-refractivity contribution in [2.24, 2.45) is 5.92 Å². The molecule has 2 aromatic rings. The molecule has 0 saturated carbocycles. The molecule has 5 heteroatoms. The smallest absolute Gasteiger partial charge is 0.127 e. The third-order valence-corrected chi connectivity index (χ3v) is 4.62. The van der Waals surface area contributed by atoms with Gasteiger partial charge in [0.1, 0.15) is 11.3 Å². The summed E-state index contributed by atoms with van der Waals surface area (Å²) in [5.74, 6) is 1.63. The number of hydrogen-bond acceptors (Lipinski definition) is 3. The van der Waals surface area contributed by atoms with Gasteiger partial charge < -0.3 is 9.47 Å². The molecule has 114 valence electrons. The van der Waals surface area contributed by atoms with Gasteiger partial charge in [0.15, 0.2) is 0 Å². The Labute approximate surface area is 131 Å². The minimum Gasteiger partial charge on any atom is -0.326 e. The first kappa shape index (κ1) is 14.8. The van der Waals surface area contributed by atoms with Crippen molar-refractivity contribution in [1.82, 2.24) is 19.4 Å². The molecule has 1 aliphatic heterocycles. The Morgan fingerprint density at radius 2 is 2.19 bits per heavy atom. The maximum atomic E-state index is 6.33. The summed E-state index contributed by atoms with van der Waals surface area (Å²) in [7, 11) is 0. The second kappa shape index (κ2) is 5.93. The summed E-state index contributed by atoms with van der Waals surface area (Å²) in [6, 6.07) is 2.67. The van der Waals surface area contributed by atoms with Gasteiger partial charge in [-0.2, -0.15) is 0 Å². The highest BCUT2D eigenvalue weighted by molar-refractivity contribution is 6.20. The molecule has 0 aliphatic carbocycles. The summed E-state index contributed by atoms with van der Waals surface area (Å²) < 4.78 is 2.29. The van der Waals surface area contributed by atoms with E-state index in [0.717, 1.165) is 23.4 Å². The first-order chi connectivity index (χ1) is 10.1. The van der Waals surface area contributed by atoms with E-state index in [1.807, 2.05) is 25.4 Å². The molecular formula is C16H23ClN4. The van der Waals surface area contributed by atoms with E-state index in [0.29, 0.717) is 12.0 Å². The van der Waals surface area contributed by atoms with Crippen molar-refractivity contribution in [3.05, 3.63) is 24.3 Å². The van der Waals surface area contributed by atoms with Gasteiger partial charge in [0.05, 0.1) is 17.1 Å². The molecule has 3 rings (SSSR count). The van der Waals surface area contributed by atoms with Crippen LogP contribution in [0, 0.1) is 5.92 Å². The predicted octanol–water partition coefficient (Wildman–Crippen LogP) is 3.46. The SMILES string of the molecule is CC(Cl)c1nc2cnccc2n1CC1CCN(C(C)C)C1. The molecule has 1 fully saturated rings. The predicted molar refractivity (Wildman–Crippen MR) is 86.6 cm³/mol. The van der Waals surface area contributed by atoms with Crippen LogP contribution < -0.4 is 0 Å². The molecule has 0 N–H and O–H groups in total. The standard InChI is InChI=1S/C16H23ClN4/c1-11(2)20-7-5-13(9-20)10-21-15-4-6-18-8-14(15)19-16(21)12(3)17/h4,6,8,11-13H,5,7,9-10H2,1-3H3. The number of likely N-dealkylation sites (tertiary alicyclic amines) is 1. The first-order valence-electron chi connectivity index (χ1n) is 7.74. The van der Waals surface area contributed by atoms with Gasteiger partial charge in [-0.3, -0.25) is 4.98 Å². The van der Waals surface area contributed by atoms with Gasteiger partial charge in [-0.05, 0) is 45.7 Å². The maximum absolute atomic E-state index is 6.33. The lowest BCUT2D eigenvalue weighted by atomic mass is 10.1. The van der Waals surface area contributed by atoms with E-state index in [1.54, 1.807) is 0 Å². The molecule has 3 heterocycles. The molecule has 4 nitrogen and oxygen atoms in total. The largest absolute Gasteiger partial charge is 0.326 e. The fraction of sp³-hybridized carbons (Fsp3) is 0.625. The molecule has 0 amide bonds. The van der Waals surface area contributed by atoms with E-state index in [-0.39, 0.29) is 5.38 Å². The molecule has 1 saturated heterocycles. The molecule has 0 spiro atoms. The molecule has 2 atom stereocenters. The average Bonchev–Trinajstić information content (AvgIpc) is 3.05. The van der Waals surface area contributed by atoms with E-state index in [2.05, 4.69) is 33.3 Å². The van der Waals surface area contributed by atoms with Crippen molar-refractivity contribution in [2.45, 2.75) is 45.2 Å². The van der Waals surface area contributed by atoms with Crippen LogP contribution in [0.3, 0.4) is 0 Å². The van der Waals surface area contributed by atoms with E-state index < -0.39 is 0 Å². The van der Waals surface area contributed by atoms with Gasteiger partial charge in [0, 0.05) is 25.3 Å². The van der Waals surface area contributed by atoms with Crippen LogP contribution in [-0.2, 0) is 6.54 Å². The molecule has 2 aromatic heterocycles. The Hall–Kier alpha value is -1.13. The van der Waals surface area contributed by atoms with Crippen molar-refractivity contribution in [3.63, 3.8) is 0 Å². The number of fused-ring (bicyclic) bond motifs is 1. The highest BCUT2D eigenvalue weighted by Crippen LogP contribution is 2.27. The normalized spacial score (nSPS) is 21.5. The molecule has 2 unspecified atom stereocenters. The number of rotatable bonds is 4. The number of alkyl halides is 1. The van der Waals surface area contributed by atoms with Gasteiger partial charge in [-0.25, -0.2) is 4.98 Å². The summed E-state index contributed by atoms with van der Waals surface area (Å²) in [6.45, 7) is 9.89. The van der Waals surface area contributed by atoms with Crippen LogP contribution in [0.25, 0.3) is 11.0 Å². The molecular weight excluding hydrogens is 284 g/mol. The Morgan fingerprint density at radius 1 is 1.38 bits per heavy atom.